The molecule has 2 heterocycles. The topological polar surface area (TPSA) is 93.6 Å². The summed E-state index contributed by atoms with van der Waals surface area (Å²) in [5.41, 5.74) is 7.19. The number of ketones is 1. The number of hydrogen-bond acceptors (Lipinski definition) is 6. The van der Waals surface area contributed by atoms with Crippen LogP contribution in [0.25, 0.3) is 33.3 Å². The minimum Gasteiger partial charge on any atom is -0.454 e. The second kappa shape index (κ2) is 12.0. The number of anilines is 1. The van der Waals surface area contributed by atoms with Crippen LogP contribution in [0.2, 0.25) is 0 Å². The van der Waals surface area contributed by atoms with Gasteiger partial charge in [0.15, 0.2) is 12.4 Å². The van der Waals surface area contributed by atoms with Crippen LogP contribution >= 0.6 is 15.9 Å². The maximum absolute atomic E-state index is 13.6. The number of allylic oxidation sites excluding steroid dienone is 2. The molecule has 49 heavy (non-hydrogen) atoms. The van der Waals surface area contributed by atoms with E-state index < -0.39 is 12.6 Å². The fourth-order valence-corrected chi connectivity index (χ4v) is 8.43. The van der Waals surface area contributed by atoms with Crippen molar-refractivity contribution in [3.63, 3.8) is 0 Å². The first-order valence-corrected chi connectivity index (χ1v) is 17.1. The number of carbonyl (C=O) groups excluding carboxylic acids is 4. The molecule has 7 nitrogen and oxygen atoms in total. The average Bonchev–Trinajstić information content (AvgIpc) is 3.76. The minimum atomic E-state index is -0.643. The number of amides is 2. The number of aromatic nitrogens is 1. The predicted octanol–water partition coefficient (Wildman–Crippen LogP) is 8.38. The normalized spacial score (nSPS) is 20.9. The lowest BCUT2D eigenvalue weighted by molar-refractivity contribution is -0.123. The van der Waals surface area contributed by atoms with Gasteiger partial charge in [0.05, 0.1) is 34.3 Å². The van der Waals surface area contributed by atoms with Crippen LogP contribution in [-0.2, 0) is 14.3 Å². The Morgan fingerprint density at radius 1 is 0.837 bits per heavy atom. The summed E-state index contributed by atoms with van der Waals surface area (Å²) in [7, 11) is 0. The summed E-state index contributed by atoms with van der Waals surface area (Å²) in [4.78, 5) is 59.8. The molecule has 1 saturated heterocycles. The Morgan fingerprint density at radius 3 is 2.24 bits per heavy atom. The molecule has 0 radical (unpaired) electrons. The lowest BCUT2D eigenvalue weighted by Crippen LogP contribution is -2.32. The fourth-order valence-electron chi connectivity index (χ4n) is 7.85. The molecule has 2 bridgehead atoms. The zero-order chi connectivity index (χ0) is 34.0. The number of hydrogen-bond donors (Lipinski definition) is 0. The smallest absolute Gasteiger partial charge is 0.339 e. The number of pyridine rings is 1. The highest BCUT2D eigenvalue weighted by atomic mass is 79.9. The number of Topliss-reactive ketones (excluding diaryl/α,β-unsaturated/α-hetero) is 1. The summed E-state index contributed by atoms with van der Waals surface area (Å²) in [5, 5.41) is 0.593. The van der Waals surface area contributed by atoms with E-state index in [9.17, 15) is 19.2 Å². The average molecular weight is 712 g/mol. The number of esters is 1. The van der Waals surface area contributed by atoms with Crippen LogP contribution in [0.3, 0.4) is 0 Å². The Balaban J connectivity index is 1.04. The van der Waals surface area contributed by atoms with Crippen molar-refractivity contribution < 1.29 is 23.9 Å². The monoisotopic (exact) mass is 710 g/mol. The van der Waals surface area contributed by atoms with Gasteiger partial charge < -0.3 is 4.74 Å². The van der Waals surface area contributed by atoms with Crippen LogP contribution in [0.5, 0.6) is 0 Å². The standard InChI is InChI=1S/C41H31BrN2O5/c1-22-16-28-18-31(22)37-36(28)39(46)44(40(37)47)30-14-12-26(13-15-30)34-20-33(32-19-29(42)17-23(2)38(32)43-34)41(48)49-21-35(45)27-10-8-25(9-11-27)24-6-4-3-5-7-24/h3-17,19-20,28,31,36-37H,18,21H2,1-2H3. The van der Waals surface area contributed by atoms with Crippen LogP contribution < -0.4 is 4.90 Å². The summed E-state index contributed by atoms with van der Waals surface area (Å²) < 4.78 is 6.38. The van der Waals surface area contributed by atoms with Gasteiger partial charge in [-0.05, 0) is 79.1 Å². The summed E-state index contributed by atoms with van der Waals surface area (Å²) >= 11 is 3.53. The Labute approximate surface area is 291 Å². The zero-order valence-electron chi connectivity index (χ0n) is 26.9. The second-order valence-electron chi connectivity index (χ2n) is 13.1. The van der Waals surface area contributed by atoms with Crippen LogP contribution in [-0.4, -0.2) is 35.2 Å². The maximum atomic E-state index is 13.6. The largest absolute Gasteiger partial charge is 0.454 e. The van der Waals surface area contributed by atoms with Crippen molar-refractivity contribution in [2.75, 3.05) is 11.5 Å². The van der Waals surface area contributed by atoms with E-state index in [0.717, 1.165) is 27.6 Å². The summed E-state index contributed by atoms with van der Waals surface area (Å²) in [6, 6.07) is 29.6. The van der Waals surface area contributed by atoms with Crippen molar-refractivity contribution in [1.82, 2.24) is 4.98 Å². The third-order valence-electron chi connectivity index (χ3n) is 10.2. The first kappa shape index (κ1) is 31.1. The molecule has 8 heteroatoms. The van der Waals surface area contributed by atoms with Crippen LogP contribution in [0.1, 0.15) is 39.6 Å². The third-order valence-corrected chi connectivity index (χ3v) is 10.7. The van der Waals surface area contributed by atoms with Crippen LogP contribution in [0, 0.1) is 30.6 Å². The summed E-state index contributed by atoms with van der Waals surface area (Å²) in [6.07, 6.45) is 3.05. The van der Waals surface area contributed by atoms with E-state index in [-0.39, 0.29) is 46.8 Å². The molecule has 0 spiro atoms. The van der Waals surface area contributed by atoms with Crippen molar-refractivity contribution in [3.8, 4) is 22.4 Å². The molecule has 3 aliphatic rings. The number of halogens is 1. The number of ether oxygens (including phenoxy) is 1. The highest BCUT2D eigenvalue weighted by Crippen LogP contribution is 2.56. The number of fused-ring (bicyclic) bond motifs is 6. The van der Waals surface area contributed by atoms with Crippen molar-refractivity contribution in [1.29, 1.82) is 0 Å². The van der Waals surface area contributed by atoms with E-state index in [1.807, 2.05) is 73.7 Å². The molecule has 4 aromatic carbocycles. The molecule has 1 saturated carbocycles. The van der Waals surface area contributed by atoms with Gasteiger partial charge in [-0.15, -0.1) is 0 Å². The molecule has 5 aromatic rings. The maximum Gasteiger partial charge on any atom is 0.339 e. The van der Waals surface area contributed by atoms with Gasteiger partial charge in [-0.1, -0.05) is 94.3 Å². The van der Waals surface area contributed by atoms with Gasteiger partial charge in [-0.3, -0.25) is 19.3 Å². The molecular weight excluding hydrogens is 680 g/mol. The molecule has 2 aliphatic carbocycles. The Hall–Kier alpha value is -5.21. The highest BCUT2D eigenvalue weighted by molar-refractivity contribution is 9.10. The van der Waals surface area contributed by atoms with E-state index in [0.29, 0.717) is 33.4 Å². The van der Waals surface area contributed by atoms with Gasteiger partial charge in [-0.25, -0.2) is 9.78 Å². The highest BCUT2D eigenvalue weighted by Gasteiger charge is 2.60. The van der Waals surface area contributed by atoms with Gasteiger partial charge in [0.2, 0.25) is 11.8 Å². The molecule has 0 N–H and O–H groups in total. The fraction of sp³-hybridized carbons (Fsp3) is 0.195. The molecular formula is C41H31BrN2O5. The molecule has 1 aliphatic heterocycles. The van der Waals surface area contributed by atoms with Crippen molar-refractivity contribution in [2.24, 2.45) is 23.7 Å². The molecule has 1 aromatic heterocycles. The summed E-state index contributed by atoms with van der Waals surface area (Å²) in [6.45, 7) is 3.55. The number of imide groups is 1. The quantitative estimate of drug-likeness (QED) is 0.0729. The van der Waals surface area contributed by atoms with Crippen molar-refractivity contribution in [3.05, 3.63) is 130 Å². The van der Waals surface area contributed by atoms with Gasteiger partial charge in [-0.2, -0.15) is 0 Å². The molecule has 4 atom stereocenters. The van der Waals surface area contributed by atoms with Gasteiger partial charge in [0, 0.05) is 21.0 Å². The Morgan fingerprint density at radius 2 is 1.51 bits per heavy atom. The van der Waals surface area contributed by atoms with Crippen LogP contribution in [0.4, 0.5) is 5.69 Å². The zero-order valence-corrected chi connectivity index (χ0v) is 28.4. The number of carbonyl (C=O) groups is 4. The molecule has 2 amide bonds. The van der Waals surface area contributed by atoms with E-state index in [2.05, 4.69) is 28.9 Å². The van der Waals surface area contributed by atoms with E-state index in [1.165, 1.54) is 10.5 Å². The lowest BCUT2D eigenvalue weighted by atomic mass is 9.82. The van der Waals surface area contributed by atoms with Crippen molar-refractivity contribution in [2.45, 2.75) is 20.3 Å². The number of rotatable bonds is 7. The first-order chi connectivity index (χ1) is 23.7. The number of benzene rings is 4. The first-order valence-electron chi connectivity index (χ1n) is 16.3. The molecule has 8 rings (SSSR count). The van der Waals surface area contributed by atoms with Gasteiger partial charge >= 0.3 is 5.97 Å². The SMILES string of the molecule is CC1=CC2CC1C1C(=O)N(c3ccc(-c4cc(C(=O)OCC(=O)c5ccc(-c6ccccc6)cc5)c5cc(Br)cc(C)c5n4)cc3)C(=O)C21. The van der Waals surface area contributed by atoms with Crippen LogP contribution in [0.15, 0.2) is 113 Å². The van der Waals surface area contributed by atoms with Gasteiger partial charge in [0.25, 0.3) is 0 Å². The lowest BCUT2D eigenvalue weighted by Gasteiger charge is -2.19. The molecule has 242 valence electrons. The van der Waals surface area contributed by atoms with Gasteiger partial charge in [0.1, 0.15) is 0 Å². The van der Waals surface area contributed by atoms with Crippen molar-refractivity contribution >= 4 is 56.1 Å². The number of nitrogens with zero attached hydrogens (tertiary/aromatic N) is 2. The predicted molar refractivity (Wildman–Crippen MR) is 191 cm³/mol. The van der Waals surface area contributed by atoms with E-state index in [1.54, 1.807) is 30.3 Å². The third kappa shape index (κ3) is 5.31. The molecule has 4 unspecified atom stereocenters. The summed E-state index contributed by atoms with van der Waals surface area (Å²) in [5.74, 6) is -1.48. The minimum absolute atomic E-state index is 0.126. The molecule has 2 fully saturated rings. The van der Waals surface area contributed by atoms with E-state index in [4.69, 9.17) is 9.72 Å². The Kier molecular flexibility index (Phi) is 7.64. The second-order valence-corrected chi connectivity index (χ2v) is 14.1. The Bertz CT molecular complexity index is 2230. The van der Waals surface area contributed by atoms with E-state index >= 15 is 0 Å². The number of aryl methyl sites for hydroxylation is 1.